The number of hydrogen-bond acceptors (Lipinski definition) is 5. The minimum absolute atomic E-state index is 0.0122. The second kappa shape index (κ2) is 5.16. The van der Waals surface area contributed by atoms with Gasteiger partial charge in [0.25, 0.3) is 0 Å². The Kier molecular flexibility index (Phi) is 3.58. The maximum Gasteiger partial charge on any atom is 0.246 e. The largest absolute Gasteiger partial charge is 0.324 e. The molecule has 1 amide bonds. The minimum atomic E-state index is -3.72. The Bertz CT molecular complexity index is 664. The van der Waals surface area contributed by atoms with Crippen LogP contribution in [0.4, 0.5) is 5.69 Å². The molecule has 19 heavy (non-hydrogen) atoms. The van der Waals surface area contributed by atoms with E-state index in [1.54, 1.807) is 6.20 Å². The van der Waals surface area contributed by atoms with E-state index < -0.39 is 10.0 Å². The molecular weight excluding hydrogens is 270 g/mol. The number of anilines is 1. The molecule has 8 nitrogen and oxygen atoms in total. The summed E-state index contributed by atoms with van der Waals surface area (Å²) in [5, 5.41) is 14.8. The Morgan fingerprint density at radius 1 is 1.32 bits per heavy atom. The summed E-state index contributed by atoms with van der Waals surface area (Å²) in [5.74, 6) is -0.297. The fraction of sp³-hybridized carbons (Fsp3) is 0.100. The molecule has 0 aliphatic heterocycles. The number of nitrogens with two attached hydrogens (primary N) is 1. The van der Waals surface area contributed by atoms with E-state index in [9.17, 15) is 13.2 Å². The van der Waals surface area contributed by atoms with Crippen LogP contribution in [-0.2, 0) is 21.4 Å². The van der Waals surface area contributed by atoms with Gasteiger partial charge < -0.3 is 5.32 Å². The van der Waals surface area contributed by atoms with Crippen LogP contribution in [0.5, 0.6) is 0 Å². The van der Waals surface area contributed by atoms with Crippen LogP contribution in [0.3, 0.4) is 0 Å². The van der Waals surface area contributed by atoms with Gasteiger partial charge in [-0.1, -0.05) is 5.21 Å². The van der Waals surface area contributed by atoms with Crippen LogP contribution in [0.2, 0.25) is 0 Å². The lowest BCUT2D eigenvalue weighted by Gasteiger charge is -2.05. The highest BCUT2D eigenvalue weighted by Crippen LogP contribution is 2.12. The normalized spacial score (nSPS) is 11.2. The average Bonchev–Trinajstić information content (AvgIpc) is 2.81. The second-order valence-corrected chi connectivity index (χ2v) is 5.28. The second-order valence-electron chi connectivity index (χ2n) is 3.72. The minimum Gasteiger partial charge on any atom is -0.324 e. The molecule has 0 fully saturated rings. The summed E-state index contributed by atoms with van der Waals surface area (Å²) >= 11 is 0. The van der Waals surface area contributed by atoms with Crippen molar-refractivity contribution in [2.75, 3.05) is 5.32 Å². The Hall–Kier alpha value is -2.26. The van der Waals surface area contributed by atoms with E-state index in [-0.39, 0.29) is 17.3 Å². The zero-order valence-electron chi connectivity index (χ0n) is 9.72. The third-order valence-corrected chi connectivity index (χ3v) is 3.17. The number of primary sulfonamides is 1. The molecule has 2 rings (SSSR count). The molecule has 1 aromatic heterocycles. The highest BCUT2D eigenvalue weighted by Gasteiger charge is 2.08. The molecule has 0 unspecified atom stereocenters. The van der Waals surface area contributed by atoms with Crippen molar-refractivity contribution in [1.29, 1.82) is 0 Å². The molecule has 0 bridgehead atoms. The number of sulfonamides is 1. The van der Waals surface area contributed by atoms with Crippen molar-refractivity contribution in [2.45, 2.75) is 11.4 Å². The van der Waals surface area contributed by atoms with Gasteiger partial charge in [0.05, 0.1) is 11.1 Å². The summed E-state index contributed by atoms with van der Waals surface area (Å²) in [5.41, 5.74) is 0.470. The van der Waals surface area contributed by atoms with E-state index >= 15 is 0 Å². The van der Waals surface area contributed by atoms with Crippen molar-refractivity contribution in [2.24, 2.45) is 5.14 Å². The number of carbonyl (C=O) groups is 1. The summed E-state index contributed by atoms with van der Waals surface area (Å²) in [4.78, 5) is 11.6. The van der Waals surface area contributed by atoms with Gasteiger partial charge in [0.1, 0.15) is 6.54 Å². The molecule has 0 radical (unpaired) electrons. The van der Waals surface area contributed by atoms with Crippen LogP contribution in [0.15, 0.2) is 41.6 Å². The van der Waals surface area contributed by atoms with Crippen LogP contribution in [-0.4, -0.2) is 29.3 Å². The first-order valence-electron chi connectivity index (χ1n) is 5.22. The lowest BCUT2D eigenvalue weighted by Crippen LogP contribution is -2.19. The van der Waals surface area contributed by atoms with Crippen molar-refractivity contribution in [3.05, 3.63) is 36.7 Å². The highest BCUT2D eigenvalue weighted by atomic mass is 32.2. The maximum atomic E-state index is 11.6. The van der Waals surface area contributed by atoms with Crippen LogP contribution >= 0.6 is 0 Å². The van der Waals surface area contributed by atoms with Crippen molar-refractivity contribution >= 4 is 21.6 Å². The number of carbonyl (C=O) groups excluding carboxylic acids is 1. The van der Waals surface area contributed by atoms with Gasteiger partial charge in [-0.15, -0.1) is 5.10 Å². The molecule has 0 atom stereocenters. The fourth-order valence-electron chi connectivity index (χ4n) is 1.39. The molecule has 2 aromatic rings. The van der Waals surface area contributed by atoms with Crippen LogP contribution in [0.1, 0.15) is 0 Å². The lowest BCUT2D eigenvalue weighted by atomic mass is 10.3. The van der Waals surface area contributed by atoms with Crippen molar-refractivity contribution in [3.63, 3.8) is 0 Å². The lowest BCUT2D eigenvalue weighted by molar-refractivity contribution is -0.116. The Morgan fingerprint density at radius 3 is 2.53 bits per heavy atom. The maximum absolute atomic E-state index is 11.6. The van der Waals surface area contributed by atoms with Crippen molar-refractivity contribution in [1.82, 2.24) is 15.0 Å². The van der Waals surface area contributed by atoms with E-state index in [1.165, 1.54) is 35.1 Å². The van der Waals surface area contributed by atoms with Crippen LogP contribution in [0.25, 0.3) is 0 Å². The number of hydrogen-bond donors (Lipinski definition) is 2. The molecule has 0 saturated carbocycles. The molecule has 0 saturated heterocycles. The SMILES string of the molecule is NS(=O)(=O)c1ccc(NC(=O)Cn2ccnn2)cc1. The molecule has 0 aliphatic rings. The summed E-state index contributed by atoms with van der Waals surface area (Å²) in [6, 6.07) is 5.55. The molecular formula is C10H11N5O3S. The standard InChI is InChI=1S/C10H11N5O3S/c11-19(17,18)9-3-1-8(2-4-9)13-10(16)7-15-6-5-12-14-15/h1-6H,7H2,(H,13,16)(H2,11,17,18). The number of rotatable bonds is 4. The third kappa shape index (κ3) is 3.60. The first kappa shape index (κ1) is 13.2. The van der Waals surface area contributed by atoms with Gasteiger partial charge in [-0.05, 0) is 24.3 Å². The number of nitrogens with zero attached hydrogens (tertiary/aromatic N) is 3. The molecule has 1 aromatic carbocycles. The van der Waals surface area contributed by atoms with Gasteiger partial charge in [-0.2, -0.15) is 0 Å². The van der Waals surface area contributed by atoms with E-state index in [1.807, 2.05) is 0 Å². The fourth-order valence-corrected chi connectivity index (χ4v) is 1.91. The first-order valence-corrected chi connectivity index (χ1v) is 6.76. The monoisotopic (exact) mass is 281 g/mol. The van der Waals surface area contributed by atoms with Gasteiger partial charge in [0.15, 0.2) is 0 Å². The molecule has 9 heteroatoms. The average molecular weight is 281 g/mol. The summed E-state index contributed by atoms with van der Waals surface area (Å²) in [6.07, 6.45) is 3.03. The zero-order chi connectivity index (χ0) is 13.9. The van der Waals surface area contributed by atoms with E-state index in [0.717, 1.165) is 0 Å². The molecule has 0 spiro atoms. The summed E-state index contributed by atoms with van der Waals surface area (Å²) in [6.45, 7) is 0.0247. The number of aromatic nitrogens is 3. The molecule has 1 heterocycles. The van der Waals surface area contributed by atoms with Crippen molar-refractivity contribution in [3.8, 4) is 0 Å². The quantitative estimate of drug-likeness (QED) is 0.787. The van der Waals surface area contributed by atoms with Crippen molar-refractivity contribution < 1.29 is 13.2 Å². The summed E-state index contributed by atoms with van der Waals surface area (Å²) in [7, 11) is -3.72. The number of benzene rings is 1. The smallest absolute Gasteiger partial charge is 0.246 e. The number of nitrogens with one attached hydrogen (secondary N) is 1. The van der Waals surface area contributed by atoms with Gasteiger partial charge >= 0.3 is 0 Å². The summed E-state index contributed by atoms with van der Waals surface area (Å²) < 4.78 is 23.5. The third-order valence-electron chi connectivity index (χ3n) is 2.24. The Labute approximate surface area is 109 Å². The van der Waals surface area contributed by atoms with Gasteiger partial charge in [-0.25, -0.2) is 18.2 Å². The predicted octanol–water partition coefficient (Wildman–Crippen LogP) is -0.436. The van der Waals surface area contributed by atoms with Crippen LogP contribution in [0, 0.1) is 0 Å². The van der Waals surface area contributed by atoms with Gasteiger partial charge in [0, 0.05) is 11.9 Å². The first-order chi connectivity index (χ1) is 8.95. The molecule has 0 aliphatic carbocycles. The van der Waals surface area contributed by atoms with Crippen LogP contribution < -0.4 is 10.5 Å². The number of amides is 1. The molecule has 3 N–H and O–H groups in total. The predicted molar refractivity (Wildman–Crippen MR) is 66.5 cm³/mol. The van der Waals surface area contributed by atoms with Gasteiger partial charge in [-0.3, -0.25) is 4.79 Å². The Morgan fingerprint density at radius 2 is 2.00 bits per heavy atom. The van der Waals surface area contributed by atoms with E-state index in [0.29, 0.717) is 5.69 Å². The topological polar surface area (TPSA) is 120 Å². The Balaban J connectivity index is 2.02. The van der Waals surface area contributed by atoms with E-state index in [4.69, 9.17) is 5.14 Å². The zero-order valence-corrected chi connectivity index (χ0v) is 10.5. The molecule has 100 valence electrons. The van der Waals surface area contributed by atoms with E-state index in [2.05, 4.69) is 15.6 Å². The highest BCUT2D eigenvalue weighted by molar-refractivity contribution is 7.89. The van der Waals surface area contributed by atoms with Gasteiger partial charge in [0.2, 0.25) is 15.9 Å².